The normalized spacial score (nSPS) is 20.8. The molecule has 0 radical (unpaired) electrons. The molecule has 150 valence electrons. The molecular formula is C20H23F2N3O2S. The van der Waals surface area contributed by atoms with Crippen molar-refractivity contribution in [2.75, 3.05) is 6.26 Å². The minimum absolute atomic E-state index is 0.101. The first kappa shape index (κ1) is 20.4. The molecule has 1 aliphatic heterocycles. The van der Waals surface area contributed by atoms with Crippen molar-refractivity contribution in [1.82, 2.24) is 10.6 Å². The lowest BCUT2D eigenvalue weighted by atomic mass is 10.1. The Morgan fingerprint density at radius 2 is 2.11 bits per heavy atom. The third-order valence-corrected chi connectivity index (χ3v) is 4.82. The van der Waals surface area contributed by atoms with E-state index in [0.717, 1.165) is 19.8 Å². The zero-order valence-corrected chi connectivity index (χ0v) is 16.5. The van der Waals surface area contributed by atoms with E-state index in [1.54, 1.807) is 36.0 Å². The lowest BCUT2D eigenvalue weighted by Gasteiger charge is -2.26. The van der Waals surface area contributed by atoms with Crippen LogP contribution in [0.15, 0.2) is 58.6 Å². The summed E-state index contributed by atoms with van der Waals surface area (Å²) in [6, 6.07) is 8.60. The second-order valence-electron chi connectivity index (χ2n) is 6.79. The number of ether oxygens (including phenoxy) is 1. The highest BCUT2D eigenvalue weighted by Crippen LogP contribution is 2.34. The van der Waals surface area contributed by atoms with E-state index in [1.807, 2.05) is 23.8 Å². The summed E-state index contributed by atoms with van der Waals surface area (Å²) in [6.45, 7) is 0.744. The molecule has 1 heterocycles. The smallest absolute Gasteiger partial charge is 0.301 e. The van der Waals surface area contributed by atoms with Gasteiger partial charge in [0.15, 0.2) is 5.84 Å². The van der Waals surface area contributed by atoms with Crippen LogP contribution in [0.5, 0.6) is 5.75 Å². The number of benzene rings is 1. The van der Waals surface area contributed by atoms with Gasteiger partial charge in [-0.1, -0.05) is 24.3 Å². The van der Waals surface area contributed by atoms with Gasteiger partial charge >= 0.3 is 5.92 Å². The molecule has 8 heteroatoms. The van der Waals surface area contributed by atoms with Crippen molar-refractivity contribution >= 4 is 23.5 Å². The van der Waals surface area contributed by atoms with Crippen molar-refractivity contribution in [3.8, 4) is 5.75 Å². The van der Waals surface area contributed by atoms with Crippen LogP contribution in [0.2, 0.25) is 0 Å². The SMILES string of the molecule is CS/C=C/C(NC(=O)C1=CNC(C(C)(F)F)=NC1Oc1ccccc1)C1CC1. The predicted octanol–water partition coefficient (Wildman–Crippen LogP) is 3.70. The minimum Gasteiger partial charge on any atom is -0.464 e. The molecule has 1 aliphatic carbocycles. The number of halogens is 2. The molecule has 28 heavy (non-hydrogen) atoms. The summed E-state index contributed by atoms with van der Waals surface area (Å²) in [7, 11) is 0. The van der Waals surface area contributed by atoms with Gasteiger partial charge < -0.3 is 15.4 Å². The maximum atomic E-state index is 13.7. The van der Waals surface area contributed by atoms with E-state index < -0.39 is 23.9 Å². The van der Waals surface area contributed by atoms with Crippen LogP contribution >= 0.6 is 11.8 Å². The van der Waals surface area contributed by atoms with E-state index >= 15 is 0 Å². The lowest BCUT2D eigenvalue weighted by Crippen LogP contribution is -2.45. The van der Waals surface area contributed by atoms with Crippen molar-refractivity contribution in [3.63, 3.8) is 0 Å². The second-order valence-corrected chi connectivity index (χ2v) is 7.54. The number of para-hydroxylation sites is 1. The van der Waals surface area contributed by atoms with Crippen LogP contribution < -0.4 is 15.4 Å². The number of hydrogen-bond donors (Lipinski definition) is 2. The van der Waals surface area contributed by atoms with Crippen LogP contribution in [0.4, 0.5) is 8.78 Å². The third-order valence-electron chi connectivity index (χ3n) is 4.40. The highest BCUT2D eigenvalue weighted by atomic mass is 32.2. The average molecular weight is 407 g/mol. The molecule has 5 nitrogen and oxygen atoms in total. The van der Waals surface area contributed by atoms with Crippen LogP contribution in [0.25, 0.3) is 0 Å². The van der Waals surface area contributed by atoms with Crippen LogP contribution in [0.1, 0.15) is 19.8 Å². The number of aliphatic imine (C=N–C) groups is 1. The van der Waals surface area contributed by atoms with Crippen molar-refractivity contribution < 1.29 is 18.3 Å². The van der Waals surface area contributed by atoms with Gasteiger partial charge in [0.2, 0.25) is 6.23 Å². The van der Waals surface area contributed by atoms with Gasteiger partial charge in [0.05, 0.1) is 11.6 Å². The zero-order chi connectivity index (χ0) is 20.1. The van der Waals surface area contributed by atoms with Crippen LogP contribution in [0.3, 0.4) is 0 Å². The van der Waals surface area contributed by atoms with Crippen LogP contribution in [0, 0.1) is 5.92 Å². The predicted molar refractivity (Wildman–Crippen MR) is 107 cm³/mol. The van der Waals surface area contributed by atoms with Gasteiger partial charge in [-0.15, -0.1) is 11.8 Å². The molecule has 1 amide bonds. The molecule has 2 unspecified atom stereocenters. The first-order valence-corrected chi connectivity index (χ1v) is 10.3. The molecule has 1 aromatic carbocycles. The fourth-order valence-electron chi connectivity index (χ4n) is 2.75. The number of carbonyl (C=O) groups excluding carboxylic acids is 1. The maximum absolute atomic E-state index is 13.7. The monoisotopic (exact) mass is 407 g/mol. The Labute approximate surface area is 167 Å². The van der Waals surface area contributed by atoms with Crippen LogP contribution in [-0.4, -0.2) is 36.2 Å². The van der Waals surface area contributed by atoms with Gasteiger partial charge in [-0.2, -0.15) is 8.78 Å². The van der Waals surface area contributed by atoms with E-state index in [4.69, 9.17) is 4.74 Å². The molecule has 0 saturated heterocycles. The highest BCUT2D eigenvalue weighted by Gasteiger charge is 2.37. The summed E-state index contributed by atoms with van der Waals surface area (Å²) in [5.74, 6) is -3.26. The first-order chi connectivity index (χ1) is 13.4. The zero-order valence-electron chi connectivity index (χ0n) is 15.7. The number of hydrogen-bond acceptors (Lipinski definition) is 5. The number of amides is 1. The van der Waals surface area contributed by atoms with E-state index in [1.165, 1.54) is 6.20 Å². The van der Waals surface area contributed by atoms with E-state index in [9.17, 15) is 13.6 Å². The number of nitrogens with one attached hydrogen (secondary N) is 2. The molecule has 1 aromatic rings. The van der Waals surface area contributed by atoms with Crippen molar-refractivity contribution in [3.05, 3.63) is 53.6 Å². The van der Waals surface area contributed by atoms with Gasteiger partial charge in [-0.3, -0.25) is 4.79 Å². The number of thioether (sulfide) groups is 1. The summed E-state index contributed by atoms with van der Waals surface area (Å²) in [6.07, 6.45) is 6.10. The largest absolute Gasteiger partial charge is 0.464 e. The lowest BCUT2D eigenvalue weighted by molar-refractivity contribution is -0.118. The van der Waals surface area contributed by atoms with E-state index in [2.05, 4.69) is 15.6 Å². The quantitative estimate of drug-likeness (QED) is 0.690. The number of rotatable bonds is 8. The Bertz CT molecular complexity index is 786. The number of alkyl halides is 2. The van der Waals surface area contributed by atoms with Crippen molar-refractivity contribution in [2.24, 2.45) is 10.9 Å². The Kier molecular flexibility index (Phi) is 6.39. The van der Waals surface area contributed by atoms with Crippen LogP contribution in [-0.2, 0) is 4.79 Å². The molecule has 2 N–H and O–H groups in total. The molecule has 2 aliphatic rings. The van der Waals surface area contributed by atoms with Gasteiger partial charge in [-0.05, 0) is 42.6 Å². The first-order valence-electron chi connectivity index (χ1n) is 9.03. The second kappa shape index (κ2) is 8.77. The Morgan fingerprint density at radius 1 is 1.39 bits per heavy atom. The Morgan fingerprint density at radius 3 is 2.71 bits per heavy atom. The summed E-state index contributed by atoms with van der Waals surface area (Å²) < 4.78 is 33.2. The highest BCUT2D eigenvalue weighted by molar-refractivity contribution is 8.01. The summed E-state index contributed by atoms with van der Waals surface area (Å²) in [5, 5.41) is 7.34. The van der Waals surface area contributed by atoms with Crippen molar-refractivity contribution in [1.29, 1.82) is 0 Å². The average Bonchev–Trinajstić information content (AvgIpc) is 3.50. The molecule has 0 spiro atoms. The van der Waals surface area contributed by atoms with Gasteiger partial charge in [-0.25, -0.2) is 4.99 Å². The molecule has 2 atom stereocenters. The molecule has 1 fully saturated rings. The standard InChI is InChI=1S/C20H23F2N3O2S/c1-20(21,22)19-23-12-15(18(25-19)27-14-6-4-3-5-7-14)17(26)24-16(10-11-28-2)13-8-9-13/h3-7,10-13,16,18H,8-9H2,1-2H3,(H,23,25)(H,24,26)/b11-10+. The molecule has 0 bridgehead atoms. The summed E-state index contributed by atoms with van der Waals surface area (Å²) in [5.41, 5.74) is 0.153. The van der Waals surface area contributed by atoms with Gasteiger partial charge in [0, 0.05) is 13.1 Å². The third kappa shape index (κ3) is 5.34. The maximum Gasteiger partial charge on any atom is 0.301 e. The van der Waals surface area contributed by atoms with Gasteiger partial charge in [0.25, 0.3) is 5.91 Å². The van der Waals surface area contributed by atoms with E-state index in [-0.39, 0.29) is 11.6 Å². The summed E-state index contributed by atoms with van der Waals surface area (Å²) in [4.78, 5) is 16.8. The minimum atomic E-state index is -3.17. The Balaban J connectivity index is 1.79. The summed E-state index contributed by atoms with van der Waals surface area (Å²) >= 11 is 1.55. The fraction of sp³-hybridized carbons (Fsp3) is 0.400. The number of nitrogens with zero attached hydrogens (tertiary/aromatic N) is 1. The number of carbonyl (C=O) groups is 1. The molecular weight excluding hydrogens is 384 g/mol. The van der Waals surface area contributed by atoms with E-state index in [0.29, 0.717) is 11.7 Å². The van der Waals surface area contributed by atoms with Crippen molar-refractivity contribution in [2.45, 2.75) is 38.0 Å². The van der Waals surface area contributed by atoms with Gasteiger partial charge in [0.1, 0.15) is 5.75 Å². The topological polar surface area (TPSA) is 62.7 Å². The molecule has 1 saturated carbocycles. The Hall–Kier alpha value is -2.35. The molecule has 3 rings (SSSR count). The number of amidine groups is 1. The fourth-order valence-corrected chi connectivity index (χ4v) is 3.08. The molecule has 0 aromatic heterocycles.